The molecular formula is C23H24F3N7O. The molecule has 2 aliphatic heterocycles. The summed E-state index contributed by atoms with van der Waals surface area (Å²) < 4.78 is 42.3. The van der Waals surface area contributed by atoms with Crippen molar-refractivity contribution in [1.29, 1.82) is 0 Å². The lowest BCUT2D eigenvalue weighted by Crippen LogP contribution is -2.60. The molecule has 4 heterocycles. The minimum atomic E-state index is -4.30. The zero-order chi connectivity index (χ0) is 23.4. The molecule has 2 saturated heterocycles. The highest BCUT2D eigenvalue weighted by molar-refractivity contribution is 5.73. The molecule has 1 aliphatic carbocycles. The maximum atomic E-state index is 14.1. The van der Waals surface area contributed by atoms with E-state index in [1.165, 1.54) is 6.20 Å². The normalized spacial score (nSPS) is 26.6. The van der Waals surface area contributed by atoms with Gasteiger partial charge in [0.2, 0.25) is 5.95 Å². The first kappa shape index (κ1) is 21.3. The number of phenols is 1. The molecule has 178 valence electrons. The SMILES string of the molecule is Oc1cc(-c2cn[nH]c2)ccc1-c1cnc(N(C2CC2)[C@@H]2C[C@@H]3CC[C@H](N3)[C@@H]2C(F)(F)F)nn1. The predicted molar refractivity (Wildman–Crippen MR) is 118 cm³/mol. The summed E-state index contributed by atoms with van der Waals surface area (Å²) in [6.07, 6.45) is 3.91. The Labute approximate surface area is 193 Å². The summed E-state index contributed by atoms with van der Waals surface area (Å²) in [6.45, 7) is 0. The van der Waals surface area contributed by atoms with Crippen LogP contribution >= 0.6 is 0 Å². The summed E-state index contributed by atoms with van der Waals surface area (Å²) >= 11 is 0. The number of piperidine rings is 1. The highest BCUT2D eigenvalue weighted by Crippen LogP contribution is 2.46. The van der Waals surface area contributed by atoms with Gasteiger partial charge in [-0.1, -0.05) is 6.07 Å². The van der Waals surface area contributed by atoms with Gasteiger partial charge in [0.1, 0.15) is 11.4 Å². The molecular weight excluding hydrogens is 447 g/mol. The van der Waals surface area contributed by atoms with Gasteiger partial charge in [-0.25, -0.2) is 4.98 Å². The number of nitrogens with zero attached hydrogens (tertiary/aromatic N) is 5. The third-order valence-electron chi connectivity index (χ3n) is 7.21. The molecule has 6 rings (SSSR count). The van der Waals surface area contributed by atoms with Gasteiger partial charge in [-0.2, -0.15) is 18.3 Å². The van der Waals surface area contributed by atoms with Crippen LogP contribution in [0.15, 0.2) is 36.8 Å². The second kappa shape index (κ2) is 7.93. The van der Waals surface area contributed by atoms with Crippen LogP contribution in [0.1, 0.15) is 32.1 Å². The molecule has 4 atom stereocenters. The van der Waals surface area contributed by atoms with Crippen molar-refractivity contribution < 1.29 is 18.3 Å². The number of aromatic amines is 1. The van der Waals surface area contributed by atoms with Crippen molar-refractivity contribution in [3.63, 3.8) is 0 Å². The van der Waals surface area contributed by atoms with Crippen molar-refractivity contribution in [2.24, 2.45) is 5.92 Å². The third kappa shape index (κ3) is 3.77. The van der Waals surface area contributed by atoms with Crippen molar-refractivity contribution in [3.8, 4) is 28.1 Å². The number of H-pyrrole nitrogens is 1. The lowest BCUT2D eigenvalue weighted by molar-refractivity contribution is -0.191. The third-order valence-corrected chi connectivity index (χ3v) is 7.21. The Morgan fingerprint density at radius 2 is 1.88 bits per heavy atom. The van der Waals surface area contributed by atoms with Gasteiger partial charge in [0.25, 0.3) is 0 Å². The fourth-order valence-electron chi connectivity index (χ4n) is 5.54. The first-order valence-electron chi connectivity index (χ1n) is 11.5. The molecule has 0 unspecified atom stereocenters. The zero-order valence-corrected chi connectivity index (χ0v) is 18.2. The van der Waals surface area contributed by atoms with E-state index in [-0.39, 0.29) is 23.8 Å². The van der Waals surface area contributed by atoms with E-state index < -0.39 is 24.2 Å². The molecule has 2 bridgehead atoms. The average Bonchev–Trinajstić information content (AvgIpc) is 3.34. The van der Waals surface area contributed by atoms with Gasteiger partial charge in [-0.05, 0) is 49.8 Å². The number of phenolic OH excluding ortho intramolecular Hbond substituents is 1. The van der Waals surface area contributed by atoms with Crippen molar-refractivity contribution in [2.45, 2.75) is 62.4 Å². The van der Waals surface area contributed by atoms with Crippen LogP contribution in [0, 0.1) is 5.92 Å². The van der Waals surface area contributed by atoms with E-state index in [2.05, 4.69) is 30.7 Å². The number of fused-ring (bicyclic) bond motifs is 2. The monoisotopic (exact) mass is 471 g/mol. The molecule has 0 amide bonds. The molecule has 34 heavy (non-hydrogen) atoms. The fourth-order valence-corrected chi connectivity index (χ4v) is 5.54. The Morgan fingerprint density at radius 1 is 1.03 bits per heavy atom. The number of hydrogen-bond acceptors (Lipinski definition) is 7. The minimum absolute atomic E-state index is 0.00245. The number of nitrogens with one attached hydrogen (secondary N) is 2. The van der Waals surface area contributed by atoms with E-state index in [1.54, 1.807) is 29.4 Å². The molecule has 3 aliphatic rings. The van der Waals surface area contributed by atoms with Crippen LogP contribution in [0.4, 0.5) is 19.1 Å². The summed E-state index contributed by atoms with van der Waals surface area (Å²) in [7, 11) is 0. The Morgan fingerprint density at radius 3 is 2.53 bits per heavy atom. The number of alkyl halides is 3. The van der Waals surface area contributed by atoms with E-state index in [1.807, 2.05) is 6.07 Å². The van der Waals surface area contributed by atoms with Crippen LogP contribution in [-0.2, 0) is 0 Å². The average molecular weight is 471 g/mol. The molecule has 8 nitrogen and oxygen atoms in total. The van der Waals surface area contributed by atoms with Crippen molar-refractivity contribution in [3.05, 3.63) is 36.8 Å². The summed E-state index contributed by atoms with van der Waals surface area (Å²) in [6, 6.07) is 3.96. The van der Waals surface area contributed by atoms with Crippen molar-refractivity contribution >= 4 is 5.95 Å². The highest BCUT2D eigenvalue weighted by Gasteiger charge is 2.57. The van der Waals surface area contributed by atoms with Gasteiger partial charge in [-0.15, -0.1) is 10.2 Å². The van der Waals surface area contributed by atoms with E-state index in [9.17, 15) is 18.3 Å². The Balaban J connectivity index is 1.30. The number of rotatable bonds is 5. The molecule has 0 radical (unpaired) electrons. The van der Waals surface area contributed by atoms with E-state index >= 15 is 0 Å². The first-order chi connectivity index (χ1) is 16.4. The summed E-state index contributed by atoms with van der Waals surface area (Å²) in [5.41, 5.74) is 2.42. The lowest BCUT2D eigenvalue weighted by atomic mass is 9.85. The Bertz CT molecular complexity index is 1160. The van der Waals surface area contributed by atoms with Crippen LogP contribution in [0.5, 0.6) is 5.75 Å². The molecule has 2 aromatic heterocycles. The van der Waals surface area contributed by atoms with Crippen LogP contribution in [-0.4, -0.2) is 60.8 Å². The second-order valence-electron chi connectivity index (χ2n) is 9.42. The smallest absolute Gasteiger partial charge is 0.395 e. The zero-order valence-electron chi connectivity index (χ0n) is 18.2. The molecule has 1 saturated carbocycles. The van der Waals surface area contributed by atoms with E-state index in [4.69, 9.17) is 0 Å². The maximum Gasteiger partial charge on any atom is 0.395 e. The van der Waals surface area contributed by atoms with Gasteiger partial charge in [0, 0.05) is 41.5 Å². The number of hydrogen-bond donors (Lipinski definition) is 3. The fraction of sp³-hybridized carbons (Fsp3) is 0.478. The van der Waals surface area contributed by atoms with Gasteiger partial charge in [0.15, 0.2) is 0 Å². The van der Waals surface area contributed by atoms with Crippen LogP contribution in [0.3, 0.4) is 0 Å². The van der Waals surface area contributed by atoms with Gasteiger partial charge in [0.05, 0.1) is 18.3 Å². The highest BCUT2D eigenvalue weighted by atomic mass is 19.4. The number of halogens is 3. The molecule has 0 spiro atoms. The molecule has 1 aromatic carbocycles. The maximum absolute atomic E-state index is 14.1. The number of benzene rings is 1. The lowest BCUT2D eigenvalue weighted by Gasteiger charge is -2.44. The summed E-state index contributed by atoms with van der Waals surface area (Å²) in [4.78, 5) is 6.20. The van der Waals surface area contributed by atoms with Crippen LogP contribution in [0.2, 0.25) is 0 Å². The minimum Gasteiger partial charge on any atom is -0.507 e. The number of aromatic nitrogens is 5. The van der Waals surface area contributed by atoms with Crippen LogP contribution < -0.4 is 10.2 Å². The van der Waals surface area contributed by atoms with Gasteiger partial charge < -0.3 is 15.3 Å². The predicted octanol–water partition coefficient (Wildman–Crippen LogP) is 3.67. The Kier molecular flexibility index (Phi) is 4.98. The number of anilines is 1. The Hall–Kier alpha value is -3.21. The molecule has 3 aromatic rings. The number of aromatic hydroxyl groups is 1. The summed E-state index contributed by atoms with van der Waals surface area (Å²) in [5, 5.41) is 28.8. The topological polar surface area (TPSA) is 103 Å². The molecule has 3 N–H and O–H groups in total. The second-order valence-corrected chi connectivity index (χ2v) is 9.42. The largest absolute Gasteiger partial charge is 0.507 e. The summed E-state index contributed by atoms with van der Waals surface area (Å²) in [5.74, 6) is -1.23. The standard InChI is InChI=1S/C23H24F3N7O/c24-23(25,26)21-17-6-2-14(30-17)8-19(21)33(15-3-4-15)22-27-11-18(31-32-22)16-5-1-12(7-20(16)34)13-9-28-29-10-13/h1,5,7,9-11,14-15,17,19,21,30,34H,2-4,6,8H2,(H,28,29)/t14-,17-,19+,21-/m0/s1. The first-order valence-corrected chi connectivity index (χ1v) is 11.5. The van der Waals surface area contributed by atoms with Gasteiger partial charge in [-0.3, -0.25) is 5.10 Å². The molecule has 11 heteroatoms. The van der Waals surface area contributed by atoms with Crippen LogP contribution in [0.25, 0.3) is 22.4 Å². The quantitative estimate of drug-likeness (QED) is 0.522. The van der Waals surface area contributed by atoms with E-state index in [0.29, 0.717) is 24.1 Å². The molecule has 3 fully saturated rings. The van der Waals surface area contributed by atoms with Crippen molar-refractivity contribution in [2.75, 3.05) is 4.90 Å². The van der Waals surface area contributed by atoms with E-state index in [0.717, 1.165) is 30.4 Å². The van der Waals surface area contributed by atoms with Crippen molar-refractivity contribution in [1.82, 2.24) is 30.7 Å². The van der Waals surface area contributed by atoms with Gasteiger partial charge >= 0.3 is 6.18 Å².